The lowest BCUT2D eigenvalue weighted by atomic mass is 9.95. The second-order valence-corrected chi connectivity index (χ2v) is 8.83. The number of rotatable bonds is 7. The SMILES string of the molecule is CCc1ccccc1-n1c(SCC(=O)NC2CCCCC2)nnc1N1CCOCC1. The lowest BCUT2D eigenvalue weighted by Crippen LogP contribution is -2.38. The zero-order chi connectivity index (χ0) is 20.8. The number of benzene rings is 1. The maximum Gasteiger partial charge on any atom is 0.232 e. The summed E-state index contributed by atoms with van der Waals surface area (Å²) in [6.07, 6.45) is 6.82. The zero-order valence-corrected chi connectivity index (χ0v) is 18.5. The van der Waals surface area contributed by atoms with E-state index in [4.69, 9.17) is 4.74 Å². The van der Waals surface area contributed by atoms with Gasteiger partial charge in [0.1, 0.15) is 0 Å². The number of nitrogens with zero attached hydrogens (tertiary/aromatic N) is 4. The lowest BCUT2D eigenvalue weighted by molar-refractivity contribution is -0.119. The highest BCUT2D eigenvalue weighted by Gasteiger charge is 2.24. The molecule has 1 aromatic carbocycles. The van der Waals surface area contributed by atoms with Crippen LogP contribution in [0.15, 0.2) is 29.4 Å². The number of morpholine rings is 1. The van der Waals surface area contributed by atoms with Crippen molar-refractivity contribution in [3.8, 4) is 5.69 Å². The molecule has 1 saturated carbocycles. The summed E-state index contributed by atoms with van der Waals surface area (Å²) in [4.78, 5) is 14.8. The number of anilines is 1. The number of amides is 1. The van der Waals surface area contributed by atoms with Gasteiger partial charge in [-0.3, -0.25) is 9.36 Å². The van der Waals surface area contributed by atoms with E-state index >= 15 is 0 Å². The van der Waals surface area contributed by atoms with Gasteiger partial charge >= 0.3 is 0 Å². The van der Waals surface area contributed by atoms with E-state index in [1.165, 1.54) is 36.6 Å². The number of carbonyl (C=O) groups is 1. The highest BCUT2D eigenvalue weighted by Crippen LogP contribution is 2.29. The Labute approximate surface area is 182 Å². The standard InChI is InChI=1S/C22H31N5O2S/c1-2-17-8-6-7-11-19(17)27-21(26-12-14-29-15-13-26)24-25-22(27)30-16-20(28)23-18-9-4-3-5-10-18/h6-8,11,18H,2-5,9-10,12-16H2,1H3,(H,23,28). The Hall–Kier alpha value is -2.06. The van der Waals surface area contributed by atoms with Crippen LogP contribution in [-0.2, 0) is 16.0 Å². The van der Waals surface area contributed by atoms with Gasteiger partial charge in [0.25, 0.3) is 0 Å². The van der Waals surface area contributed by atoms with Gasteiger partial charge in [0, 0.05) is 19.1 Å². The van der Waals surface area contributed by atoms with Crippen LogP contribution < -0.4 is 10.2 Å². The summed E-state index contributed by atoms with van der Waals surface area (Å²) < 4.78 is 7.63. The lowest BCUT2D eigenvalue weighted by Gasteiger charge is -2.28. The van der Waals surface area contributed by atoms with Gasteiger partial charge < -0.3 is 15.0 Å². The van der Waals surface area contributed by atoms with Crippen LogP contribution in [0.3, 0.4) is 0 Å². The molecule has 1 aliphatic carbocycles. The van der Waals surface area contributed by atoms with Crippen molar-refractivity contribution in [2.24, 2.45) is 0 Å². The molecule has 1 aliphatic heterocycles. The fourth-order valence-electron chi connectivity index (χ4n) is 4.21. The van der Waals surface area contributed by atoms with Crippen LogP contribution in [-0.4, -0.2) is 58.8 Å². The molecular weight excluding hydrogens is 398 g/mol. The molecule has 0 unspecified atom stereocenters. The molecule has 0 bridgehead atoms. The first-order valence-electron chi connectivity index (χ1n) is 11.0. The van der Waals surface area contributed by atoms with E-state index in [0.717, 1.165) is 49.1 Å². The normalized spacial score (nSPS) is 17.8. The summed E-state index contributed by atoms with van der Waals surface area (Å²) >= 11 is 1.46. The van der Waals surface area contributed by atoms with E-state index in [0.29, 0.717) is 25.0 Å². The number of hydrogen-bond donors (Lipinski definition) is 1. The van der Waals surface area contributed by atoms with Crippen LogP contribution in [0, 0.1) is 0 Å². The van der Waals surface area contributed by atoms with E-state index < -0.39 is 0 Å². The van der Waals surface area contributed by atoms with E-state index in [1.54, 1.807) is 0 Å². The summed E-state index contributed by atoms with van der Waals surface area (Å²) in [5.74, 6) is 1.26. The third-order valence-electron chi connectivity index (χ3n) is 5.83. The Morgan fingerprint density at radius 3 is 2.70 bits per heavy atom. The van der Waals surface area contributed by atoms with Crippen molar-refractivity contribution in [1.29, 1.82) is 0 Å². The van der Waals surface area contributed by atoms with Gasteiger partial charge in [0.05, 0.1) is 24.7 Å². The molecule has 0 spiro atoms. The second kappa shape index (κ2) is 10.3. The fraction of sp³-hybridized carbons (Fsp3) is 0.591. The van der Waals surface area contributed by atoms with E-state index in [2.05, 4.69) is 50.1 Å². The monoisotopic (exact) mass is 429 g/mol. The van der Waals surface area contributed by atoms with Crippen molar-refractivity contribution in [2.75, 3.05) is 37.0 Å². The first kappa shape index (κ1) is 21.2. The van der Waals surface area contributed by atoms with Crippen LogP contribution in [0.1, 0.15) is 44.6 Å². The van der Waals surface area contributed by atoms with E-state index in [-0.39, 0.29) is 5.91 Å². The molecule has 8 heteroatoms. The number of aromatic nitrogens is 3. The Balaban J connectivity index is 1.54. The largest absolute Gasteiger partial charge is 0.378 e. The molecule has 2 fully saturated rings. The molecule has 162 valence electrons. The maximum absolute atomic E-state index is 12.5. The first-order valence-corrected chi connectivity index (χ1v) is 12.0. The molecule has 2 heterocycles. The van der Waals surface area contributed by atoms with Gasteiger partial charge in [-0.2, -0.15) is 0 Å². The highest BCUT2D eigenvalue weighted by molar-refractivity contribution is 7.99. The molecule has 1 saturated heterocycles. The van der Waals surface area contributed by atoms with Gasteiger partial charge in [-0.1, -0.05) is 56.1 Å². The third kappa shape index (κ3) is 4.98. The molecule has 0 atom stereocenters. The zero-order valence-electron chi connectivity index (χ0n) is 17.7. The number of para-hydroxylation sites is 1. The predicted molar refractivity (Wildman–Crippen MR) is 120 cm³/mol. The number of nitrogens with one attached hydrogen (secondary N) is 1. The van der Waals surface area contributed by atoms with Crippen molar-refractivity contribution in [2.45, 2.75) is 56.6 Å². The molecule has 7 nitrogen and oxygen atoms in total. The number of aryl methyl sites for hydroxylation is 1. The molecule has 4 rings (SSSR count). The molecule has 0 radical (unpaired) electrons. The average Bonchev–Trinajstić information content (AvgIpc) is 3.22. The first-order chi connectivity index (χ1) is 14.8. The Kier molecular flexibility index (Phi) is 7.28. The topological polar surface area (TPSA) is 72.3 Å². The van der Waals surface area contributed by atoms with Crippen LogP contribution in [0.2, 0.25) is 0 Å². The van der Waals surface area contributed by atoms with Gasteiger partial charge in [-0.15, -0.1) is 10.2 Å². The summed E-state index contributed by atoms with van der Waals surface area (Å²) in [5, 5.41) is 12.9. The quantitative estimate of drug-likeness (QED) is 0.682. The number of carbonyl (C=O) groups excluding carboxylic acids is 1. The van der Waals surface area contributed by atoms with Crippen molar-refractivity contribution in [3.63, 3.8) is 0 Å². The van der Waals surface area contributed by atoms with Crippen LogP contribution in [0.5, 0.6) is 0 Å². The van der Waals surface area contributed by atoms with Gasteiger partial charge in [0.2, 0.25) is 11.9 Å². The molecule has 2 aliphatic rings. The molecular formula is C22H31N5O2S. The average molecular weight is 430 g/mol. The van der Waals surface area contributed by atoms with Crippen molar-refractivity contribution < 1.29 is 9.53 Å². The van der Waals surface area contributed by atoms with Gasteiger partial charge in [-0.25, -0.2) is 0 Å². The van der Waals surface area contributed by atoms with E-state index in [1.807, 2.05) is 6.07 Å². The van der Waals surface area contributed by atoms with Crippen LogP contribution >= 0.6 is 11.8 Å². The minimum atomic E-state index is 0.0816. The van der Waals surface area contributed by atoms with Crippen molar-refractivity contribution in [1.82, 2.24) is 20.1 Å². The molecule has 1 N–H and O–H groups in total. The number of ether oxygens (including phenoxy) is 1. The Morgan fingerprint density at radius 1 is 1.17 bits per heavy atom. The van der Waals surface area contributed by atoms with Gasteiger partial charge in [0.15, 0.2) is 5.16 Å². The summed E-state index contributed by atoms with van der Waals surface area (Å²) in [6.45, 7) is 5.11. The molecule has 30 heavy (non-hydrogen) atoms. The fourth-order valence-corrected chi connectivity index (χ4v) is 4.96. The number of hydrogen-bond acceptors (Lipinski definition) is 6. The summed E-state index contributed by atoms with van der Waals surface area (Å²) in [6, 6.07) is 8.68. The number of thioether (sulfide) groups is 1. The second-order valence-electron chi connectivity index (χ2n) is 7.89. The summed E-state index contributed by atoms with van der Waals surface area (Å²) in [5.41, 5.74) is 2.32. The van der Waals surface area contributed by atoms with Crippen molar-refractivity contribution >= 4 is 23.6 Å². The maximum atomic E-state index is 12.5. The van der Waals surface area contributed by atoms with E-state index in [9.17, 15) is 4.79 Å². The van der Waals surface area contributed by atoms with Gasteiger partial charge in [-0.05, 0) is 30.9 Å². The summed E-state index contributed by atoms with van der Waals surface area (Å²) in [7, 11) is 0. The predicted octanol–water partition coefficient (Wildman–Crippen LogP) is 3.21. The Bertz CT molecular complexity index is 844. The van der Waals surface area contributed by atoms with Crippen LogP contribution in [0.4, 0.5) is 5.95 Å². The molecule has 1 aromatic heterocycles. The highest BCUT2D eigenvalue weighted by atomic mass is 32.2. The minimum absolute atomic E-state index is 0.0816. The smallest absolute Gasteiger partial charge is 0.232 e. The minimum Gasteiger partial charge on any atom is -0.378 e. The molecule has 1 amide bonds. The molecule has 2 aromatic rings. The third-order valence-corrected chi connectivity index (χ3v) is 6.76. The van der Waals surface area contributed by atoms with Crippen molar-refractivity contribution in [3.05, 3.63) is 29.8 Å². The Morgan fingerprint density at radius 2 is 1.93 bits per heavy atom. The van der Waals surface area contributed by atoms with Crippen LogP contribution in [0.25, 0.3) is 5.69 Å².